The lowest BCUT2D eigenvalue weighted by atomic mass is 9.88. The fraction of sp³-hybridized carbons (Fsp3) is 0.467. The average molecular weight is 327 g/mol. The zero-order valence-corrected chi connectivity index (χ0v) is 12.8. The Hall–Kier alpha value is -1.79. The lowest BCUT2D eigenvalue weighted by Gasteiger charge is -2.35. The summed E-state index contributed by atoms with van der Waals surface area (Å²) in [6, 6.07) is 7.18. The van der Waals surface area contributed by atoms with Gasteiger partial charge in [0.25, 0.3) is 0 Å². The van der Waals surface area contributed by atoms with Gasteiger partial charge < -0.3 is 20.5 Å². The molecule has 1 aromatic rings. The molecule has 0 bridgehead atoms. The van der Waals surface area contributed by atoms with Crippen LogP contribution in [0.2, 0.25) is 5.02 Å². The summed E-state index contributed by atoms with van der Waals surface area (Å²) in [6.07, 6.45) is 0.228. The van der Waals surface area contributed by atoms with E-state index in [0.29, 0.717) is 18.1 Å². The second-order valence-corrected chi connectivity index (χ2v) is 5.82. The first kappa shape index (κ1) is 16.6. The van der Waals surface area contributed by atoms with Crippen LogP contribution in [0.4, 0.5) is 4.79 Å². The summed E-state index contributed by atoms with van der Waals surface area (Å²) in [6.45, 7) is 0.677. The summed E-state index contributed by atoms with van der Waals surface area (Å²) in [7, 11) is 0. The van der Waals surface area contributed by atoms with Gasteiger partial charge in [0.2, 0.25) is 5.91 Å². The van der Waals surface area contributed by atoms with Gasteiger partial charge >= 0.3 is 6.09 Å². The van der Waals surface area contributed by atoms with Crippen molar-refractivity contribution in [1.82, 2.24) is 4.90 Å². The Kier molecular flexibility index (Phi) is 5.63. The normalized spacial score (nSPS) is 19.7. The number of rotatable bonds is 5. The van der Waals surface area contributed by atoms with Crippen molar-refractivity contribution >= 4 is 23.6 Å². The highest BCUT2D eigenvalue weighted by atomic mass is 35.5. The number of ether oxygens (including phenoxy) is 1. The summed E-state index contributed by atoms with van der Waals surface area (Å²) >= 11 is 6.02. The topological polar surface area (TPSA) is 92.9 Å². The zero-order valence-electron chi connectivity index (χ0n) is 12.1. The van der Waals surface area contributed by atoms with Crippen molar-refractivity contribution in [2.75, 3.05) is 19.7 Å². The van der Waals surface area contributed by atoms with Crippen LogP contribution in [-0.4, -0.2) is 41.7 Å². The van der Waals surface area contributed by atoms with E-state index in [9.17, 15) is 9.59 Å². The van der Waals surface area contributed by atoms with Gasteiger partial charge in [-0.2, -0.15) is 0 Å². The predicted molar refractivity (Wildman–Crippen MR) is 81.7 cm³/mol. The van der Waals surface area contributed by atoms with Gasteiger partial charge in [0.15, 0.2) is 0 Å². The van der Waals surface area contributed by atoms with E-state index in [0.717, 1.165) is 18.4 Å². The first-order valence-electron chi connectivity index (χ1n) is 7.10. The lowest BCUT2D eigenvalue weighted by Crippen LogP contribution is -2.41. The predicted octanol–water partition coefficient (Wildman–Crippen LogP) is 2.27. The van der Waals surface area contributed by atoms with Crippen molar-refractivity contribution in [3.8, 4) is 0 Å². The number of nitrogens with zero attached hydrogens (tertiary/aromatic N) is 1. The second-order valence-electron chi connectivity index (χ2n) is 5.38. The second kappa shape index (κ2) is 7.47. The van der Waals surface area contributed by atoms with Crippen molar-refractivity contribution in [3.63, 3.8) is 0 Å². The van der Waals surface area contributed by atoms with Crippen molar-refractivity contribution < 1.29 is 19.4 Å². The van der Waals surface area contributed by atoms with Gasteiger partial charge in [0.1, 0.15) is 6.61 Å². The number of carboxylic acid groups (broad SMARTS) is 1. The molecule has 6 nitrogen and oxygen atoms in total. The van der Waals surface area contributed by atoms with Crippen LogP contribution in [0.5, 0.6) is 0 Å². The molecule has 1 aromatic carbocycles. The van der Waals surface area contributed by atoms with Crippen LogP contribution < -0.4 is 5.73 Å². The van der Waals surface area contributed by atoms with Crippen molar-refractivity contribution in [2.45, 2.75) is 18.9 Å². The molecule has 3 N–H and O–H groups in total. The molecule has 2 rings (SSSR count). The van der Waals surface area contributed by atoms with Crippen LogP contribution in [0.1, 0.15) is 24.5 Å². The fourth-order valence-electron chi connectivity index (χ4n) is 2.79. The highest BCUT2D eigenvalue weighted by Gasteiger charge is 2.31. The third-order valence-corrected chi connectivity index (χ3v) is 3.97. The van der Waals surface area contributed by atoms with E-state index < -0.39 is 18.1 Å². The van der Waals surface area contributed by atoms with Gasteiger partial charge in [-0.25, -0.2) is 4.79 Å². The molecule has 1 saturated heterocycles. The van der Waals surface area contributed by atoms with E-state index in [1.807, 2.05) is 6.07 Å². The maximum atomic E-state index is 11.2. The van der Waals surface area contributed by atoms with E-state index in [1.165, 1.54) is 4.90 Å². The highest BCUT2D eigenvalue weighted by Crippen LogP contribution is 2.33. The SMILES string of the molecule is NC(=O)COC(c1cccc(Cl)c1)C1CCCN(C(=O)O)C1. The molecule has 120 valence electrons. The molecular weight excluding hydrogens is 308 g/mol. The minimum Gasteiger partial charge on any atom is -0.465 e. The number of amides is 2. The van der Waals surface area contributed by atoms with Gasteiger partial charge in [-0.05, 0) is 30.5 Å². The summed E-state index contributed by atoms with van der Waals surface area (Å²) in [4.78, 5) is 23.6. The fourth-order valence-corrected chi connectivity index (χ4v) is 2.99. The summed E-state index contributed by atoms with van der Waals surface area (Å²) in [5, 5.41) is 9.73. The van der Waals surface area contributed by atoms with Gasteiger partial charge in [-0.1, -0.05) is 23.7 Å². The standard InChI is InChI=1S/C15H19ClN2O4/c16-12-5-1-3-10(7-12)14(22-9-13(17)19)11-4-2-6-18(8-11)15(20)21/h1,3,5,7,11,14H,2,4,6,8-9H2,(H2,17,19)(H,20,21). The van der Waals surface area contributed by atoms with Crippen molar-refractivity contribution in [2.24, 2.45) is 11.7 Å². The monoisotopic (exact) mass is 326 g/mol. The number of likely N-dealkylation sites (tertiary alicyclic amines) is 1. The van der Waals surface area contributed by atoms with Gasteiger partial charge in [0, 0.05) is 24.0 Å². The van der Waals surface area contributed by atoms with E-state index in [1.54, 1.807) is 18.2 Å². The zero-order chi connectivity index (χ0) is 16.1. The largest absolute Gasteiger partial charge is 0.465 e. The molecule has 0 saturated carbocycles. The first-order valence-corrected chi connectivity index (χ1v) is 7.48. The number of nitrogens with two attached hydrogens (primary N) is 1. The Morgan fingerprint density at radius 3 is 2.91 bits per heavy atom. The molecule has 0 aromatic heterocycles. The van der Waals surface area contributed by atoms with Crippen LogP contribution in [-0.2, 0) is 9.53 Å². The molecule has 1 heterocycles. The lowest BCUT2D eigenvalue weighted by molar-refractivity contribution is -0.126. The Morgan fingerprint density at radius 1 is 1.50 bits per heavy atom. The number of carbonyl (C=O) groups is 2. The molecular formula is C15H19ClN2O4. The molecule has 2 unspecified atom stereocenters. The molecule has 2 amide bonds. The molecule has 7 heteroatoms. The Labute approximate surface area is 133 Å². The number of hydrogen-bond acceptors (Lipinski definition) is 3. The Bertz CT molecular complexity index is 552. The third-order valence-electron chi connectivity index (χ3n) is 3.74. The van der Waals surface area contributed by atoms with Crippen LogP contribution in [0.25, 0.3) is 0 Å². The smallest absolute Gasteiger partial charge is 0.407 e. The van der Waals surface area contributed by atoms with Crippen LogP contribution >= 0.6 is 11.6 Å². The number of hydrogen-bond donors (Lipinski definition) is 2. The molecule has 0 radical (unpaired) electrons. The summed E-state index contributed by atoms with van der Waals surface area (Å²) < 4.78 is 5.66. The van der Waals surface area contributed by atoms with Crippen molar-refractivity contribution in [1.29, 1.82) is 0 Å². The van der Waals surface area contributed by atoms with Gasteiger partial charge in [0.05, 0.1) is 6.10 Å². The molecule has 2 atom stereocenters. The van der Waals surface area contributed by atoms with Crippen molar-refractivity contribution in [3.05, 3.63) is 34.9 Å². The minimum absolute atomic E-state index is 0.0392. The van der Waals surface area contributed by atoms with Gasteiger partial charge in [-0.3, -0.25) is 4.79 Å². The van der Waals surface area contributed by atoms with E-state index in [-0.39, 0.29) is 12.5 Å². The number of piperidine rings is 1. The third kappa shape index (κ3) is 4.35. The number of carbonyl (C=O) groups excluding carboxylic acids is 1. The maximum Gasteiger partial charge on any atom is 0.407 e. The highest BCUT2D eigenvalue weighted by molar-refractivity contribution is 6.30. The number of primary amides is 1. The van der Waals surface area contributed by atoms with E-state index in [2.05, 4.69) is 0 Å². The molecule has 1 aliphatic rings. The van der Waals surface area contributed by atoms with Crippen LogP contribution in [0.15, 0.2) is 24.3 Å². The molecule has 0 aliphatic carbocycles. The number of halogens is 1. The Morgan fingerprint density at radius 2 is 2.27 bits per heavy atom. The molecule has 1 fully saturated rings. The Balaban J connectivity index is 2.19. The van der Waals surface area contributed by atoms with Crippen LogP contribution in [0, 0.1) is 5.92 Å². The van der Waals surface area contributed by atoms with E-state index >= 15 is 0 Å². The summed E-state index contributed by atoms with van der Waals surface area (Å²) in [5.41, 5.74) is 5.98. The number of benzene rings is 1. The van der Waals surface area contributed by atoms with Gasteiger partial charge in [-0.15, -0.1) is 0 Å². The first-order chi connectivity index (χ1) is 10.5. The average Bonchev–Trinajstić information content (AvgIpc) is 2.47. The van der Waals surface area contributed by atoms with Crippen LogP contribution in [0.3, 0.4) is 0 Å². The summed E-state index contributed by atoms with van der Waals surface area (Å²) in [5.74, 6) is -0.597. The maximum absolute atomic E-state index is 11.2. The minimum atomic E-state index is -0.940. The van der Waals surface area contributed by atoms with E-state index in [4.69, 9.17) is 27.2 Å². The quantitative estimate of drug-likeness (QED) is 0.868. The molecule has 1 aliphatic heterocycles. The molecule has 0 spiro atoms. The molecule has 22 heavy (non-hydrogen) atoms.